The number of hydrogen-bond acceptors (Lipinski definition) is 10. The highest BCUT2D eigenvalue weighted by molar-refractivity contribution is 7.89. The number of nitrogens with one attached hydrogen (secondary N) is 6. The highest BCUT2D eigenvalue weighted by Gasteiger charge is 2.36. The number of amides is 5. The normalized spacial score (nSPS) is 17.0. The first-order valence-electron chi connectivity index (χ1n) is 22.7. The molecule has 0 aliphatic heterocycles. The van der Waals surface area contributed by atoms with Crippen molar-refractivity contribution in [2.75, 3.05) is 19.7 Å². The van der Waals surface area contributed by atoms with E-state index in [-0.39, 0.29) is 42.1 Å². The second-order valence-corrected chi connectivity index (χ2v) is 19.7. The smallest absolute Gasteiger partial charge is 0.407 e. The zero-order valence-electron chi connectivity index (χ0n) is 37.9. The van der Waals surface area contributed by atoms with Crippen LogP contribution < -0.4 is 31.3 Å². The summed E-state index contributed by atoms with van der Waals surface area (Å²) >= 11 is 0. The fraction of sp³-hybridized carbons (Fsp3) is 0.667. The molecule has 63 heavy (non-hydrogen) atoms. The Morgan fingerprint density at radius 1 is 0.810 bits per heavy atom. The van der Waals surface area contributed by atoms with Gasteiger partial charge in [-0.1, -0.05) is 91.7 Å². The van der Waals surface area contributed by atoms with E-state index >= 15 is 0 Å². The maximum absolute atomic E-state index is 13.8. The van der Waals surface area contributed by atoms with Gasteiger partial charge >= 0.3 is 6.09 Å². The lowest BCUT2D eigenvalue weighted by atomic mass is 9.83. The maximum atomic E-state index is 13.8. The molecule has 6 N–H and O–H groups in total. The molecule has 4 atom stereocenters. The zero-order valence-corrected chi connectivity index (χ0v) is 38.7. The van der Waals surface area contributed by atoms with Crippen LogP contribution in [0.25, 0.3) is 0 Å². The van der Waals surface area contributed by atoms with E-state index in [4.69, 9.17) is 4.74 Å². The lowest BCUT2D eigenvalue weighted by Gasteiger charge is -2.31. The van der Waals surface area contributed by atoms with Gasteiger partial charge in [-0.3, -0.25) is 24.0 Å². The minimum atomic E-state index is -3.76. The third-order valence-electron chi connectivity index (χ3n) is 11.6. The Labute approximate surface area is 372 Å². The molecule has 5 amide bonds. The van der Waals surface area contributed by atoms with Crippen molar-refractivity contribution in [1.29, 1.82) is 0 Å². The van der Waals surface area contributed by atoms with Crippen molar-refractivity contribution in [3.8, 4) is 0 Å². The Hall–Kier alpha value is -4.84. The molecule has 2 aliphatic rings. The number of carbonyl (C=O) groups excluding carboxylic acids is 6. The van der Waals surface area contributed by atoms with Crippen LogP contribution in [0.5, 0.6) is 0 Å². The number of alkyl carbamates (subject to hydrolysis) is 1. The van der Waals surface area contributed by atoms with Crippen LogP contribution in [0, 0.1) is 23.7 Å². The molecule has 2 unspecified atom stereocenters. The van der Waals surface area contributed by atoms with Crippen molar-refractivity contribution in [2.24, 2.45) is 30.7 Å². The minimum Gasteiger partial charge on any atom is -0.449 e. The zero-order chi connectivity index (χ0) is 46.1. The second kappa shape index (κ2) is 24.9. The van der Waals surface area contributed by atoms with E-state index in [1.165, 1.54) is 18.6 Å². The first kappa shape index (κ1) is 50.8. The summed E-state index contributed by atoms with van der Waals surface area (Å²) in [6.07, 6.45) is 13.0. The molecule has 350 valence electrons. The van der Waals surface area contributed by atoms with E-state index in [1.54, 1.807) is 43.1 Å². The summed E-state index contributed by atoms with van der Waals surface area (Å²) in [5, 5.41) is 13.4. The van der Waals surface area contributed by atoms with E-state index in [2.05, 4.69) is 36.3 Å². The van der Waals surface area contributed by atoms with Crippen LogP contribution in [0.3, 0.4) is 0 Å². The van der Waals surface area contributed by atoms with E-state index in [9.17, 15) is 37.2 Å². The van der Waals surface area contributed by atoms with E-state index in [1.807, 2.05) is 27.7 Å². The van der Waals surface area contributed by atoms with E-state index < -0.39 is 76.2 Å². The second-order valence-electron chi connectivity index (χ2n) is 17.9. The minimum absolute atomic E-state index is 0.0474. The molecular weight excluding hydrogens is 829 g/mol. The van der Waals surface area contributed by atoms with Crippen LogP contribution in [0.4, 0.5) is 4.79 Å². The predicted molar refractivity (Wildman–Crippen MR) is 237 cm³/mol. The van der Waals surface area contributed by atoms with Gasteiger partial charge in [0.05, 0.1) is 24.1 Å². The molecule has 17 nitrogen and oxygen atoms in total. The Balaban J connectivity index is 1.39. The Morgan fingerprint density at radius 2 is 1.44 bits per heavy atom. The summed E-state index contributed by atoms with van der Waals surface area (Å²) in [4.78, 5) is 85.0. The van der Waals surface area contributed by atoms with Crippen LogP contribution in [0.15, 0.2) is 41.6 Å². The number of benzene rings is 1. The van der Waals surface area contributed by atoms with Crippen LogP contribution in [-0.4, -0.2) is 91.3 Å². The molecule has 18 heteroatoms. The molecule has 2 aromatic rings. The van der Waals surface area contributed by atoms with Gasteiger partial charge in [0, 0.05) is 26.0 Å². The number of ketones is 1. The standard InChI is InChI=1S/C45H70N8O9S/c1-7-14-35(49-42(56)36(25-29(2)3)50-43(57)39(32-17-12-9-13-18-32)52-45(59)62-28-30(4)5)40(55)44(58)47-27-37(54)51-38(41-46-23-24-53(41)6)33-19-21-34(22-20-33)63(60,61)48-26-31-15-10-8-11-16-31/h19-24,29-32,35-36,38-39,48H,7-18,25-28H2,1-6H3,(H,47,58)(H,49,56)(H,50,57)(H,51,54)(H,52,59)/t35?,36-,38?,39-/m0/s1. The molecule has 1 aromatic heterocycles. The Morgan fingerprint density at radius 3 is 2.03 bits per heavy atom. The first-order chi connectivity index (χ1) is 30.0. The van der Waals surface area contributed by atoms with Gasteiger partial charge in [-0.2, -0.15) is 0 Å². The molecule has 0 saturated heterocycles. The fourth-order valence-electron chi connectivity index (χ4n) is 8.18. The Bertz CT molecular complexity index is 1940. The van der Waals surface area contributed by atoms with Crippen molar-refractivity contribution < 1.29 is 41.9 Å². The highest BCUT2D eigenvalue weighted by atomic mass is 32.2. The SMILES string of the molecule is CCCC(NC(=O)[C@H](CC(C)C)NC(=O)[C@@H](NC(=O)OCC(C)C)C1CCCCC1)C(=O)C(=O)NCC(=O)NC(c1ccc(S(=O)(=O)NCC2CCCCC2)cc1)c1nccn1C. The summed E-state index contributed by atoms with van der Waals surface area (Å²) < 4.78 is 36.0. The predicted octanol–water partition coefficient (Wildman–Crippen LogP) is 4.32. The number of ether oxygens (including phenoxy) is 1. The quantitative estimate of drug-likeness (QED) is 0.0865. The summed E-state index contributed by atoms with van der Waals surface area (Å²) in [6.45, 7) is 9.34. The summed E-state index contributed by atoms with van der Waals surface area (Å²) in [6, 6.07) is 2.04. The topological polar surface area (TPSA) is 236 Å². The number of aryl methyl sites for hydroxylation is 1. The highest BCUT2D eigenvalue weighted by Crippen LogP contribution is 2.28. The monoisotopic (exact) mass is 898 g/mol. The maximum Gasteiger partial charge on any atom is 0.407 e. The third-order valence-corrected chi connectivity index (χ3v) is 13.1. The molecule has 2 fully saturated rings. The number of sulfonamides is 1. The molecule has 4 rings (SSSR count). The van der Waals surface area contributed by atoms with Gasteiger partial charge in [0.15, 0.2) is 0 Å². The van der Waals surface area contributed by atoms with Crippen molar-refractivity contribution in [2.45, 2.75) is 147 Å². The lowest BCUT2D eigenvalue weighted by molar-refractivity contribution is -0.141. The number of aromatic nitrogens is 2. The fourth-order valence-corrected chi connectivity index (χ4v) is 9.30. The first-order valence-corrected chi connectivity index (χ1v) is 24.2. The molecular formula is C45H70N8O9S. The van der Waals surface area contributed by atoms with Gasteiger partial charge in [-0.25, -0.2) is 22.9 Å². The molecule has 0 radical (unpaired) electrons. The van der Waals surface area contributed by atoms with Gasteiger partial charge in [0.25, 0.3) is 5.91 Å². The van der Waals surface area contributed by atoms with Crippen molar-refractivity contribution in [1.82, 2.24) is 40.9 Å². The van der Waals surface area contributed by atoms with E-state index in [0.717, 1.165) is 57.8 Å². The van der Waals surface area contributed by atoms with Gasteiger partial charge < -0.3 is 35.9 Å². The van der Waals surface area contributed by atoms with Crippen molar-refractivity contribution >= 4 is 45.5 Å². The average Bonchev–Trinajstić information content (AvgIpc) is 3.69. The van der Waals surface area contributed by atoms with Gasteiger partial charge in [0.1, 0.15) is 23.9 Å². The molecule has 1 heterocycles. The average molecular weight is 899 g/mol. The van der Waals surface area contributed by atoms with Crippen LogP contribution in [-0.2, 0) is 45.8 Å². The van der Waals surface area contributed by atoms with Crippen LogP contribution >= 0.6 is 0 Å². The van der Waals surface area contributed by atoms with E-state index in [0.29, 0.717) is 30.3 Å². The van der Waals surface area contributed by atoms with Gasteiger partial charge in [-0.15, -0.1) is 0 Å². The number of rotatable bonds is 23. The summed E-state index contributed by atoms with van der Waals surface area (Å²) in [5.41, 5.74) is 0.534. The molecule has 0 spiro atoms. The van der Waals surface area contributed by atoms with Gasteiger partial charge in [0.2, 0.25) is 33.5 Å². The third kappa shape index (κ3) is 16.0. The van der Waals surface area contributed by atoms with Crippen LogP contribution in [0.2, 0.25) is 0 Å². The van der Waals surface area contributed by atoms with Crippen molar-refractivity contribution in [3.63, 3.8) is 0 Å². The molecule has 1 aromatic carbocycles. The molecule has 2 saturated carbocycles. The number of Topliss-reactive ketones (excluding diaryl/α,β-unsaturated/α-hetero) is 1. The number of hydrogen-bond donors (Lipinski definition) is 6. The van der Waals surface area contributed by atoms with Crippen LogP contribution in [0.1, 0.15) is 136 Å². The lowest BCUT2D eigenvalue weighted by Crippen LogP contribution is -2.58. The molecule has 2 aliphatic carbocycles. The largest absolute Gasteiger partial charge is 0.449 e. The summed E-state index contributed by atoms with van der Waals surface area (Å²) in [5.74, 6) is -3.23. The number of nitrogens with zero attached hydrogens (tertiary/aromatic N) is 2. The number of carbonyl (C=O) groups is 6. The molecule has 0 bridgehead atoms. The number of imidazole rings is 1. The Kier molecular flexibility index (Phi) is 20.0. The summed E-state index contributed by atoms with van der Waals surface area (Å²) in [7, 11) is -2.02. The van der Waals surface area contributed by atoms with Gasteiger partial charge in [-0.05, 0) is 79.9 Å². The van der Waals surface area contributed by atoms with Crippen molar-refractivity contribution in [3.05, 3.63) is 48.0 Å².